The Morgan fingerprint density at radius 2 is 1.73 bits per heavy atom. The molecule has 0 N–H and O–H groups in total. The number of esters is 2. The Morgan fingerprint density at radius 3 is 2.48 bits per heavy atom. The summed E-state index contributed by atoms with van der Waals surface area (Å²) in [5, 5.41) is 0. The Kier molecular flexibility index (Phi) is 8.21. The molecule has 2 aliphatic rings. The standard InChI is InChI=1S/C33H30N2O8S/c1-4-7-23-28(32(38)40-6-3)29(21-12-14-25-26(16-21)42-18-41-25)35-30(36)27(44-33(35)34-23)17-22-13-15-24(43-22)19-8-10-20(11-9-19)31(37)39-5-2/h8-17,29H,4-7,18H2,1-3H3/b27-17-. The Bertz CT molecular complexity index is 1950. The summed E-state index contributed by atoms with van der Waals surface area (Å²) in [5.41, 5.74) is 2.51. The quantitative estimate of drug-likeness (QED) is 0.248. The van der Waals surface area contributed by atoms with E-state index in [-0.39, 0.29) is 24.9 Å². The van der Waals surface area contributed by atoms with Gasteiger partial charge in [-0.1, -0.05) is 42.9 Å². The van der Waals surface area contributed by atoms with Crippen molar-refractivity contribution < 1.29 is 33.0 Å². The molecule has 0 saturated heterocycles. The molecule has 11 heteroatoms. The van der Waals surface area contributed by atoms with E-state index in [9.17, 15) is 14.4 Å². The zero-order valence-corrected chi connectivity index (χ0v) is 25.3. The number of nitrogens with zero attached hydrogens (tertiary/aromatic N) is 2. The molecule has 0 bridgehead atoms. The molecule has 2 aromatic carbocycles. The number of fused-ring (bicyclic) bond motifs is 2. The highest BCUT2D eigenvalue weighted by Crippen LogP contribution is 2.39. The first kappa shape index (κ1) is 29.2. The molecule has 2 aromatic heterocycles. The van der Waals surface area contributed by atoms with E-state index in [0.29, 0.717) is 67.8 Å². The van der Waals surface area contributed by atoms with Gasteiger partial charge in [0.2, 0.25) is 6.79 Å². The van der Waals surface area contributed by atoms with Gasteiger partial charge in [-0.15, -0.1) is 0 Å². The largest absolute Gasteiger partial charge is 0.463 e. The van der Waals surface area contributed by atoms with E-state index in [2.05, 4.69) is 0 Å². The average molecular weight is 615 g/mol. The molecular weight excluding hydrogens is 584 g/mol. The molecule has 0 spiro atoms. The van der Waals surface area contributed by atoms with Crippen molar-refractivity contribution in [2.45, 2.75) is 39.7 Å². The Balaban J connectivity index is 1.43. The number of aromatic nitrogens is 1. The van der Waals surface area contributed by atoms with Gasteiger partial charge in [0.25, 0.3) is 5.56 Å². The predicted octanol–water partition coefficient (Wildman–Crippen LogP) is 4.74. The fourth-order valence-corrected chi connectivity index (χ4v) is 6.22. The number of hydrogen-bond donors (Lipinski definition) is 0. The fourth-order valence-electron chi connectivity index (χ4n) is 5.22. The van der Waals surface area contributed by atoms with Crippen LogP contribution in [0.1, 0.15) is 61.3 Å². The normalized spacial score (nSPS) is 15.6. The van der Waals surface area contributed by atoms with Crippen LogP contribution in [0.4, 0.5) is 0 Å². The average Bonchev–Trinajstić information content (AvgIpc) is 3.76. The lowest BCUT2D eigenvalue weighted by Gasteiger charge is -2.25. The molecule has 10 nitrogen and oxygen atoms in total. The number of allylic oxidation sites excluding steroid dienone is 1. The molecule has 4 heterocycles. The van der Waals surface area contributed by atoms with Gasteiger partial charge in [-0.3, -0.25) is 9.36 Å². The number of rotatable bonds is 9. The van der Waals surface area contributed by atoms with Crippen LogP contribution in [-0.2, 0) is 14.3 Å². The minimum atomic E-state index is -0.770. The van der Waals surface area contributed by atoms with E-state index in [4.69, 9.17) is 28.4 Å². The first-order valence-electron chi connectivity index (χ1n) is 14.4. The van der Waals surface area contributed by atoms with E-state index >= 15 is 0 Å². The van der Waals surface area contributed by atoms with Crippen molar-refractivity contribution in [3.63, 3.8) is 0 Å². The van der Waals surface area contributed by atoms with Gasteiger partial charge in [-0.25, -0.2) is 14.6 Å². The van der Waals surface area contributed by atoms with Crippen molar-refractivity contribution in [2.75, 3.05) is 20.0 Å². The summed E-state index contributed by atoms with van der Waals surface area (Å²) in [6.07, 6.45) is 2.96. The molecule has 226 valence electrons. The fraction of sp³-hybridized carbons (Fsp3) is 0.273. The van der Waals surface area contributed by atoms with E-state index in [1.54, 1.807) is 68.5 Å². The monoisotopic (exact) mass is 614 g/mol. The molecule has 2 aliphatic heterocycles. The molecule has 6 rings (SSSR count). The number of thiazole rings is 1. The lowest BCUT2D eigenvalue weighted by Crippen LogP contribution is -2.40. The highest BCUT2D eigenvalue weighted by atomic mass is 32.1. The third kappa shape index (κ3) is 5.46. The Morgan fingerprint density at radius 1 is 0.977 bits per heavy atom. The minimum Gasteiger partial charge on any atom is -0.463 e. The van der Waals surface area contributed by atoms with Gasteiger partial charge in [0.1, 0.15) is 11.5 Å². The third-order valence-corrected chi connectivity index (χ3v) is 8.17. The van der Waals surface area contributed by atoms with Crippen molar-refractivity contribution in [3.8, 4) is 22.8 Å². The smallest absolute Gasteiger partial charge is 0.338 e. The first-order chi connectivity index (χ1) is 21.4. The van der Waals surface area contributed by atoms with Crippen LogP contribution >= 0.6 is 11.3 Å². The highest BCUT2D eigenvalue weighted by molar-refractivity contribution is 7.07. The van der Waals surface area contributed by atoms with Crippen LogP contribution in [0.15, 0.2) is 80.1 Å². The summed E-state index contributed by atoms with van der Waals surface area (Å²) in [6, 6.07) is 15.1. The van der Waals surface area contributed by atoms with Crippen molar-refractivity contribution in [1.82, 2.24) is 4.57 Å². The second-order valence-electron chi connectivity index (χ2n) is 10.0. The molecule has 0 saturated carbocycles. The molecule has 0 amide bonds. The van der Waals surface area contributed by atoms with Crippen LogP contribution < -0.4 is 24.4 Å². The van der Waals surface area contributed by atoms with Gasteiger partial charge in [0.05, 0.1) is 40.6 Å². The summed E-state index contributed by atoms with van der Waals surface area (Å²) < 4.78 is 29.6. The van der Waals surface area contributed by atoms with Crippen LogP contribution in [-0.4, -0.2) is 36.5 Å². The van der Waals surface area contributed by atoms with E-state index in [1.165, 1.54) is 15.9 Å². The highest BCUT2D eigenvalue weighted by Gasteiger charge is 2.35. The van der Waals surface area contributed by atoms with Gasteiger partial charge in [-0.2, -0.15) is 0 Å². The van der Waals surface area contributed by atoms with Crippen LogP contribution in [0.3, 0.4) is 0 Å². The van der Waals surface area contributed by atoms with Crippen LogP contribution in [0.5, 0.6) is 11.5 Å². The van der Waals surface area contributed by atoms with E-state index in [0.717, 1.165) is 12.0 Å². The molecule has 44 heavy (non-hydrogen) atoms. The number of carbonyl (C=O) groups excluding carboxylic acids is 2. The maximum atomic E-state index is 14.0. The Labute approximate surface area is 256 Å². The molecule has 4 aromatic rings. The molecule has 0 fully saturated rings. The van der Waals surface area contributed by atoms with E-state index in [1.807, 2.05) is 13.0 Å². The van der Waals surface area contributed by atoms with Gasteiger partial charge >= 0.3 is 11.9 Å². The summed E-state index contributed by atoms with van der Waals surface area (Å²) in [6.45, 7) is 6.10. The van der Waals surface area contributed by atoms with Gasteiger partial charge in [0.15, 0.2) is 16.3 Å². The lowest BCUT2D eigenvalue weighted by molar-refractivity contribution is -0.139. The number of furan rings is 1. The Hall–Kier alpha value is -4.90. The first-order valence-corrected chi connectivity index (χ1v) is 15.2. The summed E-state index contributed by atoms with van der Waals surface area (Å²) >= 11 is 1.23. The second-order valence-corrected chi connectivity index (χ2v) is 11.0. The molecule has 1 atom stereocenters. The molecule has 0 aliphatic carbocycles. The van der Waals surface area contributed by atoms with Gasteiger partial charge in [-0.05, 0) is 62.2 Å². The second kappa shape index (κ2) is 12.4. The van der Waals surface area contributed by atoms with Crippen molar-refractivity contribution in [1.29, 1.82) is 0 Å². The van der Waals surface area contributed by atoms with Gasteiger partial charge < -0.3 is 23.4 Å². The van der Waals surface area contributed by atoms with Crippen molar-refractivity contribution >= 4 is 29.4 Å². The van der Waals surface area contributed by atoms with Crippen molar-refractivity contribution in [3.05, 3.63) is 102 Å². The third-order valence-electron chi connectivity index (χ3n) is 7.19. The molecule has 0 radical (unpaired) electrons. The minimum absolute atomic E-state index is 0.101. The van der Waals surface area contributed by atoms with Gasteiger partial charge in [0, 0.05) is 11.6 Å². The zero-order chi connectivity index (χ0) is 30.8. The van der Waals surface area contributed by atoms with Crippen LogP contribution in [0.25, 0.3) is 17.4 Å². The number of carbonyl (C=O) groups is 2. The van der Waals surface area contributed by atoms with Crippen LogP contribution in [0, 0.1) is 0 Å². The van der Waals surface area contributed by atoms with Crippen LogP contribution in [0.2, 0.25) is 0 Å². The zero-order valence-electron chi connectivity index (χ0n) is 24.5. The van der Waals surface area contributed by atoms with Crippen molar-refractivity contribution in [2.24, 2.45) is 4.99 Å². The topological polar surface area (TPSA) is 119 Å². The number of benzene rings is 2. The maximum Gasteiger partial charge on any atom is 0.338 e. The number of hydrogen-bond acceptors (Lipinski definition) is 10. The molecule has 1 unspecified atom stereocenters. The lowest BCUT2D eigenvalue weighted by atomic mass is 9.94. The number of ether oxygens (including phenoxy) is 4. The molecular formula is C33H30N2O8S. The summed E-state index contributed by atoms with van der Waals surface area (Å²) in [7, 11) is 0. The van der Waals surface area contributed by atoms with E-state index < -0.39 is 12.0 Å². The maximum absolute atomic E-state index is 14.0. The summed E-state index contributed by atoms with van der Waals surface area (Å²) in [5.74, 6) is 1.29. The summed E-state index contributed by atoms with van der Waals surface area (Å²) in [4.78, 5) is 44.7. The SMILES string of the molecule is CCCC1=C(C(=O)OCC)C(c2ccc3c(c2)OCO3)n2c(s/c(=C\c3ccc(-c4ccc(C(=O)OCC)cc4)o3)c2=O)=N1. The predicted molar refractivity (Wildman–Crippen MR) is 162 cm³/mol.